The van der Waals surface area contributed by atoms with Crippen molar-refractivity contribution in [3.05, 3.63) is 35.6 Å². The van der Waals surface area contributed by atoms with Crippen molar-refractivity contribution in [1.29, 1.82) is 0 Å². The lowest BCUT2D eigenvalue weighted by Gasteiger charge is -2.16. The molecule has 2 nitrogen and oxygen atoms in total. The highest BCUT2D eigenvalue weighted by atomic mass is 19.1. The molecule has 1 aromatic rings. The molecule has 1 aliphatic rings. The van der Waals surface area contributed by atoms with Crippen LogP contribution < -0.4 is 5.32 Å². The third kappa shape index (κ3) is 2.23. The summed E-state index contributed by atoms with van der Waals surface area (Å²) in [5, 5.41) is 2.92. The van der Waals surface area contributed by atoms with E-state index in [9.17, 15) is 9.18 Å². The first kappa shape index (κ1) is 11.1. The summed E-state index contributed by atoms with van der Waals surface area (Å²) in [6, 6.07) is 6.61. The lowest BCUT2D eigenvalue weighted by atomic mass is 9.96. The van der Waals surface area contributed by atoms with Crippen LogP contribution in [-0.2, 0) is 10.2 Å². The molecule has 0 heterocycles. The molecule has 1 aliphatic carbocycles. The molecule has 1 aromatic carbocycles. The van der Waals surface area contributed by atoms with Crippen LogP contribution >= 0.6 is 0 Å². The second kappa shape index (κ2) is 4.24. The highest BCUT2D eigenvalue weighted by Crippen LogP contribution is 2.47. The first-order valence-corrected chi connectivity index (χ1v) is 5.69. The zero-order chi connectivity index (χ0) is 11.6. The molecular formula is C13H16FNO. The van der Waals surface area contributed by atoms with Gasteiger partial charge in [0, 0.05) is 18.4 Å². The van der Waals surface area contributed by atoms with Crippen molar-refractivity contribution in [2.24, 2.45) is 0 Å². The van der Waals surface area contributed by atoms with Crippen LogP contribution in [0.25, 0.3) is 0 Å². The zero-order valence-electron chi connectivity index (χ0n) is 9.42. The van der Waals surface area contributed by atoms with E-state index >= 15 is 0 Å². The largest absolute Gasteiger partial charge is 0.355 e. The number of hydrogen-bond acceptors (Lipinski definition) is 1. The Morgan fingerprint density at radius 3 is 2.50 bits per heavy atom. The van der Waals surface area contributed by atoms with Gasteiger partial charge in [0.05, 0.1) is 0 Å². The van der Waals surface area contributed by atoms with Crippen molar-refractivity contribution in [2.45, 2.75) is 31.6 Å². The molecule has 0 aliphatic heterocycles. The Bertz CT molecular complexity index is 381. The molecule has 1 saturated carbocycles. The Morgan fingerprint density at radius 2 is 2.00 bits per heavy atom. The standard InChI is InChI=1S/C13H16FNO/c1-2-12(16)15-9-13(7-8-13)10-3-5-11(14)6-4-10/h3-6H,2,7-9H2,1H3,(H,15,16). The van der Waals surface area contributed by atoms with E-state index < -0.39 is 0 Å². The summed E-state index contributed by atoms with van der Waals surface area (Å²) in [7, 11) is 0. The van der Waals surface area contributed by atoms with Gasteiger partial charge in [0.25, 0.3) is 0 Å². The van der Waals surface area contributed by atoms with E-state index in [2.05, 4.69) is 5.32 Å². The number of nitrogens with one attached hydrogen (secondary N) is 1. The zero-order valence-corrected chi connectivity index (χ0v) is 9.42. The number of carbonyl (C=O) groups excluding carboxylic acids is 1. The van der Waals surface area contributed by atoms with Crippen molar-refractivity contribution < 1.29 is 9.18 Å². The van der Waals surface area contributed by atoms with Crippen LogP contribution in [0.15, 0.2) is 24.3 Å². The van der Waals surface area contributed by atoms with Crippen molar-refractivity contribution in [2.75, 3.05) is 6.54 Å². The molecular weight excluding hydrogens is 205 g/mol. The second-order valence-corrected chi connectivity index (χ2v) is 4.42. The van der Waals surface area contributed by atoms with Gasteiger partial charge in [-0.3, -0.25) is 4.79 Å². The molecule has 0 aromatic heterocycles. The minimum Gasteiger partial charge on any atom is -0.355 e. The average molecular weight is 221 g/mol. The highest BCUT2D eigenvalue weighted by Gasteiger charge is 2.44. The summed E-state index contributed by atoms with van der Waals surface area (Å²) in [6.07, 6.45) is 2.66. The number of benzene rings is 1. The highest BCUT2D eigenvalue weighted by molar-refractivity contribution is 5.75. The number of carbonyl (C=O) groups is 1. The third-order valence-electron chi connectivity index (χ3n) is 3.26. The van der Waals surface area contributed by atoms with Crippen LogP contribution in [0.1, 0.15) is 31.7 Å². The van der Waals surface area contributed by atoms with E-state index in [4.69, 9.17) is 0 Å². The summed E-state index contributed by atoms with van der Waals surface area (Å²) < 4.78 is 12.8. The first-order valence-electron chi connectivity index (χ1n) is 5.69. The van der Waals surface area contributed by atoms with E-state index in [-0.39, 0.29) is 17.1 Å². The predicted octanol–water partition coefficient (Wildman–Crippen LogP) is 2.38. The molecule has 1 amide bonds. The molecule has 1 N–H and O–H groups in total. The molecule has 1 fully saturated rings. The minimum absolute atomic E-state index is 0.0680. The van der Waals surface area contributed by atoms with Gasteiger partial charge in [0.2, 0.25) is 5.91 Å². The van der Waals surface area contributed by atoms with Crippen LogP contribution in [0.5, 0.6) is 0 Å². The predicted molar refractivity (Wildman–Crippen MR) is 60.6 cm³/mol. The maximum absolute atomic E-state index is 12.8. The topological polar surface area (TPSA) is 29.1 Å². The Labute approximate surface area is 94.9 Å². The maximum atomic E-state index is 12.8. The van der Waals surface area contributed by atoms with Crippen molar-refractivity contribution in [3.63, 3.8) is 0 Å². The Balaban J connectivity index is 2.02. The lowest BCUT2D eigenvalue weighted by molar-refractivity contribution is -0.120. The number of rotatable bonds is 4. The van der Waals surface area contributed by atoms with E-state index in [1.165, 1.54) is 12.1 Å². The van der Waals surface area contributed by atoms with Gasteiger partial charge in [0.1, 0.15) is 5.82 Å². The summed E-state index contributed by atoms with van der Waals surface area (Å²) in [5.74, 6) is -0.134. The van der Waals surface area contributed by atoms with Gasteiger partial charge in [-0.15, -0.1) is 0 Å². The van der Waals surface area contributed by atoms with Crippen LogP contribution in [0.3, 0.4) is 0 Å². The van der Waals surface area contributed by atoms with Crippen LogP contribution in [0.4, 0.5) is 4.39 Å². The summed E-state index contributed by atoms with van der Waals surface area (Å²) in [6.45, 7) is 2.51. The van der Waals surface area contributed by atoms with Gasteiger partial charge in [-0.2, -0.15) is 0 Å². The van der Waals surface area contributed by atoms with Gasteiger partial charge in [0.15, 0.2) is 0 Å². The fourth-order valence-electron chi connectivity index (χ4n) is 1.91. The molecule has 0 spiro atoms. The fourth-order valence-corrected chi connectivity index (χ4v) is 1.91. The number of halogens is 1. The van der Waals surface area contributed by atoms with Gasteiger partial charge in [-0.25, -0.2) is 4.39 Å². The maximum Gasteiger partial charge on any atom is 0.219 e. The molecule has 0 radical (unpaired) electrons. The summed E-state index contributed by atoms with van der Waals surface area (Å²) >= 11 is 0. The molecule has 3 heteroatoms. The van der Waals surface area contributed by atoms with E-state index in [1.807, 2.05) is 19.1 Å². The van der Waals surface area contributed by atoms with Gasteiger partial charge in [-0.05, 0) is 30.5 Å². The third-order valence-corrected chi connectivity index (χ3v) is 3.26. The molecule has 16 heavy (non-hydrogen) atoms. The average Bonchev–Trinajstić information content (AvgIpc) is 3.08. The molecule has 0 unspecified atom stereocenters. The van der Waals surface area contributed by atoms with Gasteiger partial charge >= 0.3 is 0 Å². The van der Waals surface area contributed by atoms with Crippen LogP contribution in [0, 0.1) is 5.82 Å². The second-order valence-electron chi connectivity index (χ2n) is 4.42. The SMILES string of the molecule is CCC(=O)NCC1(c2ccc(F)cc2)CC1. The first-order chi connectivity index (χ1) is 7.66. The molecule has 2 rings (SSSR count). The molecule has 0 saturated heterocycles. The van der Waals surface area contributed by atoms with Crippen LogP contribution in [-0.4, -0.2) is 12.5 Å². The van der Waals surface area contributed by atoms with Crippen molar-refractivity contribution in [3.8, 4) is 0 Å². The Morgan fingerprint density at radius 1 is 1.38 bits per heavy atom. The number of amides is 1. The van der Waals surface area contributed by atoms with Gasteiger partial charge < -0.3 is 5.32 Å². The van der Waals surface area contributed by atoms with Crippen molar-refractivity contribution in [1.82, 2.24) is 5.32 Å². The Hall–Kier alpha value is -1.38. The minimum atomic E-state index is -0.211. The van der Waals surface area contributed by atoms with E-state index in [1.54, 1.807) is 0 Å². The van der Waals surface area contributed by atoms with E-state index in [0.717, 1.165) is 18.4 Å². The molecule has 0 atom stereocenters. The Kier molecular flexibility index (Phi) is 2.95. The van der Waals surface area contributed by atoms with Crippen molar-refractivity contribution >= 4 is 5.91 Å². The summed E-state index contributed by atoms with van der Waals surface area (Å²) in [5.41, 5.74) is 1.20. The molecule has 0 bridgehead atoms. The molecule has 86 valence electrons. The summed E-state index contributed by atoms with van der Waals surface area (Å²) in [4.78, 5) is 11.2. The smallest absolute Gasteiger partial charge is 0.219 e. The fraction of sp³-hybridized carbons (Fsp3) is 0.462. The quantitative estimate of drug-likeness (QED) is 0.831. The monoisotopic (exact) mass is 221 g/mol. The van der Waals surface area contributed by atoms with Gasteiger partial charge in [-0.1, -0.05) is 19.1 Å². The van der Waals surface area contributed by atoms with Crippen LogP contribution in [0.2, 0.25) is 0 Å². The van der Waals surface area contributed by atoms with E-state index in [0.29, 0.717) is 13.0 Å². The normalized spacial score (nSPS) is 16.9. The number of hydrogen-bond donors (Lipinski definition) is 1. The lowest BCUT2D eigenvalue weighted by Crippen LogP contribution is -2.31.